The van der Waals surface area contributed by atoms with Crippen molar-refractivity contribution in [3.05, 3.63) is 58.1 Å². The number of hydrogen-bond acceptors (Lipinski definition) is 4. The van der Waals surface area contributed by atoms with E-state index in [2.05, 4.69) is 33.4 Å². The third-order valence-electron chi connectivity index (χ3n) is 3.86. The maximum Gasteiger partial charge on any atom is 0.230 e. The van der Waals surface area contributed by atoms with Crippen LogP contribution in [-0.2, 0) is 10.5 Å². The fourth-order valence-corrected chi connectivity index (χ4v) is 3.60. The molecule has 2 aromatic rings. The lowest BCUT2D eigenvalue weighted by Crippen LogP contribution is -2.28. The molecule has 0 bridgehead atoms. The maximum atomic E-state index is 12.2. The second-order valence-electron chi connectivity index (χ2n) is 5.81. The van der Waals surface area contributed by atoms with Crippen LogP contribution in [-0.4, -0.2) is 24.9 Å². The van der Waals surface area contributed by atoms with Crippen molar-refractivity contribution in [3.63, 3.8) is 0 Å². The summed E-state index contributed by atoms with van der Waals surface area (Å²) in [5.74, 6) is 2.79. The minimum Gasteiger partial charge on any atom is -0.486 e. The van der Waals surface area contributed by atoms with Crippen molar-refractivity contribution in [3.8, 4) is 11.5 Å². The molecule has 6 heteroatoms. The number of nitrogens with one attached hydrogen (secondary N) is 1. The number of carbonyl (C=O) groups is 1. The van der Waals surface area contributed by atoms with Crippen LogP contribution in [0.25, 0.3) is 0 Å². The average molecular weight is 422 g/mol. The summed E-state index contributed by atoms with van der Waals surface area (Å²) in [6, 6.07) is 13.9. The van der Waals surface area contributed by atoms with Gasteiger partial charge in [0.05, 0.1) is 11.8 Å². The van der Waals surface area contributed by atoms with Crippen LogP contribution in [0, 0.1) is 0 Å². The molecular weight excluding hydrogens is 402 g/mol. The van der Waals surface area contributed by atoms with Gasteiger partial charge in [-0.15, -0.1) is 11.8 Å². The third-order valence-corrected chi connectivity index (χ3v) is 5.39. The predicted octanol–water partition coefficient (Wildman–Crippen LogP) is 4.33. The van der Waals surface area contributed by atoms with E-state index in [0.29, 0.717) is 19.0 Å². The molecule has 0 saturated heterocycles. The van der Waals surface area contributed by atoms with Crippen LogP contribution >= 0.6 is 27.7 Å². The van der Waals surface area contributed by atoms with Crippen molar-refractivity contribution < 1.29 is 14.3 Å². The highest BCUT2D eigenvalue weighted by molar-refractivity contribution is 9.10. The van der Waals surface area contributed by atoms with E-state index in [1.807, 2.05) is 37.3 Å². The summed E-state index contributed by atoms with van der Waals surface area (Å²) in [5.41, 5.74) is 2.22. The Morgan fingerprint density at radius 1 is 1.16 bits per heavy atom. The van der Waals surface area contributed by atoms with Crippen LogP contribution in [0.15, 0.2) is 46.9 Å². The average Bonchev–Trinajstić information content (AvgIpc) is 2.63. The highest BCUT2D eigenvalue weighted by Gasteiger charge is 2.15. The summed E-state index contributed by atoms with van der Waals surface area (Å²) in [6.45, 7) is 3.11. The van der Waals surface area contributed by atoms with E-state index in [9.17, 15) is 4.79 Å². The fraction of sp³-hybridized carbons (Fsp3) is 0.316. The van der Waals surface area contributed by atoms with Gasteiger partial charge >= 0.3 is 0 Å². The second-order valence-corrected chi connectivity index (χ2v) is 7.71. The predicted molar refractivity (Wildman–Crippen MR) is 104 cm³/mol. The smallest absolute Gasteiger partial charge is 0.230 e. The van der Waals surface area contributed by atoms with Crippen molar-refractivity contribution >= 4 is 33.6 Å². The second kappa shape index (κ2) is 8.63. The van der Waals surface area contributed by atoms with Crippen LogP contribution in [0.3, 0.4) is 0 Å². The van der Waals surface area contributed by atoms with Gasteiger partial charge in [0, 0.05) is 10.2 Å². The van der Waals surface area contributed by atoms with Crippen molar-refractivity contribution in [2.45, 2.75) is 18.7 Å². The van der Waals surface area contributed by atoms with Crippen molar-refractivity contribution in [2.75, 3.05) is 19.0 Å². The van der Waals surface area contributed by atoms with Gasteiger partial charge in [-0.2, -0.15) is 0 Å². The number of halogens is 1. The van der Waals surface area contributed by atoms with Crippen LogP contribution in [0.4, 0.5) is 0 Å². The number of fused-ring (bicyclic) bond motifs is 1. The monoisotopic (exact) mass is 421 g/mol. The molecule has 1 aliphatic rings. The molecule has 1 aliphatic heterocycles. The number of carbonyl (C=O) groups excluding carboxylic acids is 1. The van der Waals surface area contributed by atoms with Gasteiger partial charge in [-0.25, -0.2) is 0 Å². The number of rotatable bonds is 6. The molecule has 0 saturated carbocycles. The lowest BCUT2D eigenvalue weighted by atomic mass is 10.1. The molecule has 0 fully saturated rings. The van der Waals surface area contributed by atoms with Crippen molar-refractivity contribution in [1.82, 2.24) is 5.32 Å². The van der Waals surface area contributed by atoms with Gasteiger partial charge in [0.15, 0.2) is 11.5 Å². The number of ether oxygens (including phenoxy) is 2. The largest absolute Gasteiger partial charge is 0.486 e. The molecule has 0 spiro atoms. The highest BCUT2D eigenvalue weighted by atomic mass is 79.9. The number of thioether (sulfide) groups is 1. The van der Waals surface area contributed by atoms with Gasteiger partial charge in [-0.3, -0.25) is 4.79 Å². The SMILES string of the molecule is CC(NC(=O)CSCc1ccc(Br)cc1)c1ccc2c(c1)OCCO2. The Bertz CT molecular complexity index is 736. The van der Waals surface area contributed by atoms with Crippen LogP contribution in [0.5, 0.6) is 11.5 Å². The van der Waals surface area contributed by atoms with E-state index in [4.69, 9.17) is 9.47 Å². The molecule has 0 aromatic heterocycles. The zero-order valence-electron chi connectivity index (χ0n) is 14.0. The normalized spacial score (nSPS) is 14.0. The molecule has 3 rings (SSSR count). The Hall–Kier alpha value is -1.66. The van der Waals surface area contributed by atoms with Gasteiger partial charge in [-0.05, 0) is 42.3 Å². The first-order chi connectivity index (χ1) is 12.1. The summed E-state index contributed by atoms with van der Waals surface area (Å²) in [5, 5.41) is 3.03. The maximum absolute atomic E-state index is 12.2. The molecule has 1 unspecified atom stereocenters. The van der Waals surface area contributed by atoms with Gasteiger partial charge in [0.2, 0.25) is 5.91 Å². The summed E-state index contributed by atoms with van der Waals surface area (Å²) < 4.78 is 12.2. The van der Waals surface area contributed by atoms with Crippen molar-refractivity contribution in [2.24, 2.45) is 0 Å². The van der Waals surface area contributed by atoms with Gasteiger partial charge in [-0.1, -0.05) is 34.1 Å². The van der Waals surface area contributed by atoms with E-state index in [1.165, 1.54) is 5.56 Å². The first kappa shape index (κ1) is 18.1. The quantitative estimate of drug-likeness (QED) is 0.753. The van der Waals surface area contributed by atoms with Crippen LogP contribution < -0.4 is 14.8 Å². The molecule has 1 N–H and O–H groups in total. The van der Waals surface area contributed by atoms with E-state index < -0.39 is 0 Å². The molecule has 1 amide bonds. The molecule has 132 valence electrons. The Balaban J connectivity index is 1.48. The fourth-order valence-electron chi connectivity index (χ4n) is 2.54. The number of benzene rings is 2. The summed E-state index contributed by atoms with van der Waals surface area (Å²) >= 11 is 5.03. The van der Waals surface area contributed by atoms with E-state index in [0.717, 1.165) is 27.3 Å². The Kier molecular flexibility index (Phi) is 6.26. The van der Waals surface area contributed by atoms with E-state index in [1.54, 1.807) is 11.8 Å². The first-order valence-electron chi connectivity index (χ1n) is 8.13. The van der Waals surface area contributed by atoms with E-state index in [-0.39, 0.29) is 11.9 Å². The number of hydrogen-bond donors (Lipinski definition) is 1. The third kappa shape index (κ3) is 5.16. The minimum absolute atomic E-state index is 0.0319. The Morgan fingerprint density at radius 2 is 1.88 bits per heavy atom. The molecule has 0 radical (unpaired) electrons. The standard InChI is InChI=1S/C19H20BrNO3S/c1-13(15-4-7-17-18(10-15)24-9-8-23-17)21-19(22)12-25-11-14-2-5-16(20)6-3-14/h2-7,10,13H,8-9,11-12H2,1H3,(H,21,22). The summed E-state index contributed by atoms with van der Waals surface area (Å²) in [7, 11) is 0. The summed E-state index contributed by atoms with van der Waals surface area (Å²) in [6.07, 6.45) is 0. The zero-order valence-corrected chi connectivity index (χ0v) is 16.4. The molecule has 1 atom stereocenters. The first-order valence-corrected chi connectivity index (χ1v) is 10.1. The lowest BCUT2D eigenvalue weighted by molar-refractivity contribution is -0.119. The molecule has 1 heterocycles. The van der Waals surface area contributed by atoms with Crippen molar-refractivity contribution in [1.29, 1.82) is 0 Å². The van der Waals surface area contributed by atoms with Crippen LogP contribution in [0.1, 0.15) is 24.1 Å². The zero-order chi connectivity index (χ0) is 17.6. The molecule has 25 heavy (non-hydrogen) atoms. The van der Waals surface area contributed by atoms with Gasteiger partial charge in [0.25, 0.3) is 0 Å². The number of amides is 1. The van der Waals surface area contributed by atoms with E-state index >= 15 is 0 Å². The molecule has 2 aromatic carbocycles. The molecule has 4 nitrogen and oxygen atoms in total. The molecular formula is C19H20BrNO3S. The minimum atomic E-state index is -0.0726. The van der Waals surface area contributed by atoms with Crippen LogP contribution in [0.2, 0.25) is 0 Å². The highest BCUT2D eigenvalue weighted by Crippen LogP contribution is 2.32. The lowest BCUT2D eigenvalue weighted by Gasteiger charge is -2.21. The Morgan fingerprint density at radius 3 is 2.64 bits per heavy atom. The summed E-state index contributed by atoms with van der Waals surface area (Å²) in [4.78, 5) is 12.2. The topological polar surface area (TPSA) is 47.6 Å². The van der Waals surface area contributed by atoms with Gasteiger partial charge in [0.1, 0.15) is 13.2 Å². The Labute approximate surface area is 160 Å². The van der Waals surface area contributed by atoms with Gasteiger partial charge < -0.3 is 14.8 Å². The molecule has 0 aliphatic carbocycles.